The molecule has 2 fully saturated rings. The molecule has 1 aliphatic heterocycles. The Hall–Kier alpha value is -3.08. The van der Waals surface area contributed by atoms with E-state index in [4.69, 9.17) is 4.74 Å². The molecule has 1 aliphatic carbocycles. The van der Waals surface area contributed by atoms with Gasteiger partial charge in [-0.05, 0) is 62.9 Å². The molecule has 2 aromatic rings. The fourth-order valence-electron chi connectivity index (χ4n) is 4.96. The number of aliphatic hydroxyl groups is 1. The monoisotopic (exact) mass is 433 g/mol. The number of Topliss-reactive ketones (excluding diaryl/α,β-unsaturated/α-hetero) is 1. The van der Waals surface area contributed by atoms with Crippen LogP contribution in [0.2, 0.25) is 0 Å². The molecule has 2 aromatic carbocycles. The van der Waals surface area contributed by atoms with Gasteiger partial charge in [-0.15, -0.1) is 0 Å². The van der Waals surface area contributed by atoms with E-state index >= 15 is 0 Å². The predicted octanol–water partition coefficient (Wildman–Crippen LogP) is 5.46. The van der Waals surface area contributed by atoms with Crippen LogP contribution in [0.1, 0.15) is 67.3 Å². The number of aliphatic hydroxyl groups excluding tert-OH is 1. The average Bonchev–Trinajstić information content (AvgIpc) is 3.07. The minimum Gasteiger partial charge on any atom is -0.507 e. The van der Waals surface area contributed by atoms with Crippen LogP contribution in [0.5, 0.6) is 5.75 Å². The van der Waals surface area contributed by atoms with Crippen molar-refractivity contribution in [3.63, 3.8) is 0 Å². The summed E-state index contributed by atoms with van der Waals surface area (Å²) in [5.41, 5.74) is 3.43. The molecule has 1 N–H and O–H groups in total. The van der Waals surface area contributed by atoms with Gasteiger partial charge in [0.25, 0.3) is 11.7 Å². The van der Waals surface area contributed by atoms with Gasteiger partial charge in [0.2, 0.25) is 0 Å². The van der Waals surface area contributed by atoms with Crippen molar-refractivity contribution in [1.29, 1.82) is 0 Å². The Kier molecular flexibility index (Phi) is 6.35. The number of amides is 1. The first-order valence-electron chi connectivity index (χ1n) is 11.5. The van der Waals surface area contributed by atoms with Crippen LogP contribution in [-0.4, -0.2) is 34.3 Å². The van der Waals surface area contributed by atoms with Crippen LogP contribution in [-0.2, 0) is 9.59 Å². The lowest BCUT2D eigenvalue weighted by molar-refractivity contribution is -0.141. The molecule has 1 amide bonds. The largest absolute Gasteiger partial charge is 0.507 e. The van der Waals surface area contributed by atoms with Crippen LogP contribution in [0.3, 0.4) is 0 Å². The molecule has 0 bridgehead atoms. The van der Waals surface area contributed by atoms with E-state index in [0.717, 1.165) is 54.5 Å². The maximum atomic E-state index is 13.3. The molecule has 0 radical (unpaired) electrons. The summed E-state index contributed by atoms with van der Waals surface area (Å²) >= 11 is 0. The van der Waals surface area contributed by atoms with Gasteiger partial charge >= 0.3 is 0 Å². The lowest BCUT2D eigenvalue weighted by Gasteiger charge is -2.35. The molecule has 1 unspecified atom stereocenters. The molecule has 32 heavy (non-hydrogen) atoms. The van der Waals surface area contributed by atoms with Crippen LogP contribution in [0.25, 0.3) is 5.76 Å². The second-order valence-corrected chi connectivity index (χ2v) is 8.82. The Bertz CT molecular complexity index is 1050. The summed E-state index contributed by atoms with van der Waals surface area (Å²) in [7, 11) is 0. The Morgan fingerprint density at radius 3 is 2.38 bits per heavy atom. The summed E-state index contributed by atoms with van der Waals surface area (Å²) in [5.74, 6) is -0.474. The van der Waals surface area contributed by atoms with E-state index in [9.17, 15) is 14.7 Å². The second-order valence-electron chi connectivity index (χ2n) is 8.82. The van der Waals surface area contributed by atoms with Crippen LogP contribution in [0.4, 0.5) is 0 Å². The minimum atomic E-state index is -0.604. The smallest absolute Gasteiger partial charge is 0.295 e. The van der Waals surface area contributed by atoms with Crippen molar-refractivity contribution in [2.75, 3.05) is 6.61 Å². The first-order valence-corrected chi connectivity index (χ1v) is 11.5. The fourth-order valence-corrected chi connectivity index (χ4v) is 4.96. The summed E-state index contributed by atoms with van der Waals surface area (Å²) < 4.78 is 5.57. The van der Waals surface area contributed by atoms with E-state index in [2.05, 4.69) is 0 Å². The first-order chi connectivity index (χ1) is 15.4. The zero-order valence-corrected chi connectivity index (χ0v) is 19.1. The third-order valence-electron chi connectivity index (χ3n) is 6.60. The topological polar surface area (TPSA) is 66.8 Å². The predicted molar refractivity (Wildman–Crippen MR) is 125 cm³/mol. The highest BCUT2D eigenvalue weighted by Crippen LogP contribution is 2.43. The van der Waals surface area contributed by atoms with Crippen LogP contribution < -0.4 is 4.74 Å². The van der Waals surface area contributed by atoms with Gasteiger partial charge in [-0.1, -0.05) is 49.1 Å². The molecule has 1 atom stereocenters. The van der Waals surface area contributed by atoms with E-state index < -0.39 is 17.7 Å². The highest BCUT2D eigenvalue weighted by atomic mass is 16.5. The number of carbonyl (C=O) groups is 2. The van der Waals surface area contributed by atoms with E-state index in [1.54, 1.807) is 4.90 Å². The van der Waals surface area contributed by atoms with E-state index in [-0.39, 0.29) is 17.4 Å². The van der Waals surface area contributed by atoms with Gasteiger partial charge in [0.15, 0.2) is 0 Å². The Balaban J connectivity index is 1.87. The number of benzene rings is 2. The van der Waals surface area contributed by atoms with Crippen molar-refractivity contribution < 1.29 is 19.4 Å². The Morgan fingerprint density at radius 2 is 1.72 bits per heavy atom. The van der Waals surface area contributed by atoms with Crippen molar-refractivity contribution in [1.82, 2.24) is 4.90 Å². The van der Waals surface area contributed by atoms with Crippen molar-refractivity contribution in [3.05, 3.63) is 70.3 Å². The number of rotatable bonds is 5. The Labute approximate surface area is 189 Å². The lowest BCUT2D eigenvalue weighted by Crippen LogP contribution is -2.40. The molecule has 0 aromatic heterocycles. The van der Waals surface area contributed by atoms with Gasteiger partial charge in [0.1, 0.15) is 11.5 Å². The molecule has 1 saturated heterocycles. The standard InChI is InChI=1S/C27H31NO4/c1-4-32-21-14-12-19(13-15-21)24-23(25(29)22-16-17(2)10-11-18(22)3)26(30)27(31)28(24)20-8-6-5-7-9-20/h10-16,20,24,29H,4-9H2,1-3H3/b25-23+. The quantitative estimate of drug-likeness (QED) is 0.386. The molecular formula is C27H31NO4. The van der Waals surface area contributed by atoms with Gasteiger partial charge in [-0.2, -0.15) is 0 Å². The molecule has 0 spiro atoms. The third-order valence-corrected chi connectivity index (χ3v) is 6.60. The maximum Gasteiger partial charge on any atom is 0.295 e. The number of likely N-dealkylation sites (tertiary alicyclic amines) is 1. The second kappa shape index (κ2) is 9.19. The lowest BCUT2D eigenvalue weighted by atomic mass is 9.90. The number of hydrogen-bond acceptors (Lipinski definition) is 4. The van der Waals surface area contributed by atoms with Gasteiger partial charge in [-0.25, -0.2) is 0 Å². The molecule has 4 rings (SSSR count). The number of ketones is 1. The molecule has 168 valence electrons. The highest BCUT2D eigenvalue weighted by molar-refractivity contribution is 6.46. The summed E-state index contributed by atoms with van der Waals surface area (Å²) in [6, 6.07) is 12.7. The van der Waals surface area contributed by atoms with Gasteiger partial charge in [0.05, 0.1) is 18.2 Å². The van der Waals surface area contributed by atoms with Gasteiger partial charge < -0.3 is 14.7 Å². The zero-order valence-electron chi connectivity index (χ0n) is 19.1. The van der Waals surface area contributed by atoms with E-state index in [0.29, 0.717) is 12.2 Å². The normalized spacial score (nSPS) is 21.2. The third kappa shape index (κ3) is 4.04. The van der Waals surface area contributed by atoms with Gasteiger partial charge in [-0.3, -0.25) is 9.59 Å². The van der Waals surface area contributed by atoms with Crippen LogP contribution in [0.15, 0.2) is 48.0 Å². The average molecular weight is 434 g/mol. The summed E-state index contributed by atoms with van der Waals surface area (Å²) in [6.45, 7) is 6.33. The van der Waals surface area contributed by atoms with Crippen LogP contribution >= 0.6 is 0 Å². The molecule has 5 nitrogen and oxygen atoms in total. The molecule has 5 heteroatoms. The molecule has 2 aliphatic rings. The van der Waals surface area contributed by atoms with Crippen molar-refractivity contribution in [2.24, 2.45) is 0 Å². The minimum absolute atomic E-state index is 0.000625. The zero-order chi connectivity index (χ0) is 22.8. The van der Waals surface area contributed by atoms with E-state index in [1.165, 1.54) is 0 Å². The Morgan fingerprint density at radius 1 is 1.03 bits per heavy atom. The molecule has 1 saturated carbocycles. The number of carbonyl (C=O) groups excluding carboxylic acids is 2. The van der Waals surface area contributed by atoms with Crippen LogP contribution in [0, 0.1) is 13.8 Å². The summed E-state index contributed by atoms with van der Waals surface area (Å²) in [5, 5.41) is 11.4. The number of ether oxygens (including phenoxy) is 1. The van der Waals surface area contributed by atoms with Gasteiger partial charge in [0, 0.05) is 11.6 Å². The maximum absolute atomic E-state index is 13.3. The highest BCUT2D eigenvalue weighted by Gasteiger charge is 2.48. The van der Waals surface area contributed by atoms with Crippen molar-refractivity contribution in [3.8, 4) is 5.75 Å². The summed E-state index contributed by atoms with van der Waals surface area (Å²) in [6.07, 6.45) is 4.99. The fraction of sp³-hybridized carbons (Fsp3) is 0.407. The molecular weight excluding hydrogens is 402 g/mol. The number of nitrogens with zero attached hydrogens (tertiary/aromatic N) is 1. The van der Waals surface area contributed by atoms with Crippen molar-refractivity contribution in [2.45, 2.75) is 65.0 Å². The summed E-state index contributed by atoms with van der Waals surface area (Å²) in [4.78, 5) is 28.3. The van der Waals surface area contributed by atoms with E-state index in [1.807, 2.05) is 63.2 Å². The molecule has 1 heterocycles. The SMILES string of the molecule is CCOc1ccc(C2/C(=C(\O)c3cc(C)ccc3C)C(=O)C(=O)N2C2CCCCC2)cc1. The van der Waals surface area contributed by atoms with Crippen molar-refractivity contribution >= 4 is 17.4 Å². The number of hydrogen-bond donors (Lipinski definition) is 1. The first kappa shape index (κ1) is 22.1. The number of aryl methyl sites for hydroxylation is 2.